The van der Waals surface area contributed by atoms with Crippen molar-refractivity contribution in [1.29, 1.82) is 0 Å². The minimum absolute atomic E-state index is 0. The van der Waals surface area contributed by atoms with Crippen molar-refractivity contribution in [3.05, 3.63) is 0 Å². The van der Waals surface area contributed by atoms with Crippen LogP contribution in [0.4, 0.5) is 0 Å². The molecule has 0 aromatic carbocycles. The van der Waals surface area contributed by atoms with Crippen molar-refractivity contribution in [3.63, 3.8) is 0 Å². The Balaban J connectivity index is -0.000000218. The molecule has 7 heteroatoms. The second-order valence-electron chi connectivity index (χ2n) is 2.88. The van der Waals surface area contributed by atoms with Crippen molar-refractivity contribution in [2.75, 3.05) is 26.2 Å². The molecule has 0 aliphatic heterocycles. The Kier molecular flexibility index (Phi) is 20.4. The second-order valence-corrected chi connectivity index (χ2v) is 4.94. The Morgan fingerprint density at radius 1 is 0.765 bits per heavy atom. The number of hydrogen-bond acceptors (Lipinski definition) is 4. The quantitative estimate of drug-likeness (QED) is 0.400. The van der Waals surface area contributed by atoms with Crippen LogP contribution in [0.25, 0.3) is 0 Å². The number of hydrogen-bond donors (Lipinski definition) is 0. The zero-order chi connectivity index (χ0) is 13.1. The van der Waals surface area contributed by atoms with Crippen LogP contribution in [0.1, 0.15) is 27.7 Å². The molecule has 0 amide bonds. The van der Waals surface area contributed by atoms with Gasteiger partial charge in [0.05, 0.1) is 0 Å². The Bertz CT molecular complexity index is 184. The van der Waals surface area contributed by atoms with Gasteiger partial charge in [0.1, 0.15) is 0 Å². The summed E-state index contributed by atoms with van der Waals surface area (Å²) in [6, 6.07) is 0. The van der Waals surface area contributed by atoms with E-state index in [0.29, 0.717) is 8.64 Å². The average molecular weight is 404 g/mol. The minimum atomic E-state index is 0. The Morgan fingerprint density at radius 3 is 0.941 bits per heavy atom. The van der Waals surface area contributed by atoms with Crippen LogP contribution in [0.5, 0.6) is 0 Å². The number of nitrogens with zero attached hydrogens (tertiary/aromatic N) is 2. The molecule has 17 heavy (non-hydrogen) atoms. The van der Waals surface area contributed by atoms with Crippen molar-refractivity contribution in [1.82, 2.24) is 9.80 Å². The summed E-state index contributed by atoms with van der Waals surface area (Å²) in [6.07, 6.45) is 0. The molecule has 0 heterocycles. The standard InChI is InChI=1S/2C5H11NS2.Ag/c2*1-3-6(4-2)5(7)8;/h2*3-4H2,1-2H3,(H,7,8);/p-2. The summed E-state index contributed by atoms with van der Waals surface area (Å²) in [5.41, 5.74) is 0. The van der Waals surface area contributed by atoms with Gasteiger partial charge < -0.3 is 59.5 Å². The molecule has 0 unspecified atom stereocenters. The van der Waals surface area contributed by atoms with Gasteiger partial charge in [-0.15, -0.1) is 0 Å². The first-order chi connectivity index (χ1) is 7.44. The molecule has 0 aliphatic rings. The fourth-order valence-electron chi connectivity index (χ4n) is 0.964. The van der Waals surface area contributed by atoms with Crippen LogP contribution in [0.2, 0.25) is 0 Å². The molecule has 0 rings (SSSR count). The van der Waals surface area contributed by atoms with Crippen LogP contribution >= 0.6 is 24.4 Å². The predicted molar refractivity (Wildman–Crippen MR) is 85.8 cm³/mol. The van der Waals surface area contributed by atoms with Crippen molar-refractivity contribution in [3.8, 4) is 0 Å². The topological polar surface area (TPSA) is 6.48 Å². The molecule has 0 fully saturated rings. The molecule has 0 aromatic heterocycles. The Labute approximate surface area is 143 Å². The molecule has 0 atom stereocenters. The van der Waals surface area contributed by atoms with Gasteiger partial charge in [-0.25, -0.2) is 0 Å². The van der Waals surface area contributed by atoms with Gasteiger partial charge in [0.25, 0.3) is 0 Å². The predicted octanol–water partition coefficient (Wildman–Crippen LogP) is 2.32. The molecule has 0 saturated carbocycles. The Hall–Kier alpha value is 0.960. The van der Waals surface area contributed by atoms with E-state index in [-0.39, 0.29) is 22.4 Å². The third kappa shape index (κ3) is 13.2. The normalized spacial score (nSPS) is 8.24. The van der Waals surface area contributed by atoms with E-state index in [1.54, 1.807) is 0 Å². The fraction of sp³-hybridized carbons (Fsp3) is 0.800. The van der Waals surface area contributed by atoms with E-state index in [0.717, 1.165) is 26.2 Å². The molecule has 0 saturated heterocycles. The van der Waals surface area contributed by atoms with Crippen molar-refractivity contribution >= 4 is 58.3 Å². The molecule has 0 N–H and O–H groups in total. The van der Waals surface area contributed by atoms with Crippen LogP contribution in [0.15, 0.2) is 0 Å². The largest absolute Gasteiger partial charge is 0.411 e. The van der Waals surface area contributed by atoms with E-state index in [2.05, 4.69) is 0 Å². The van der Waals surface area contributed by atoms with Crippen molar-refractivity contribution < 1.29 is 22.4 Å². The molecular weight excluding hydrogens is 384 g/mol. The van der Waals surface area contributed by atoms with E-state index in [1.165, 1.54) is 0 Å². The number of thiocarbonyl (C=S) groups is 2. The van der Waals surface area contributed by atoms with Gasteiger partial charge in [0.15, 0.2) is 0 Å². The van der Waals surface area contributed by atoms with Crippen LogP contribution in [-0.4, -0.2) is 44.6 Å². The molecule has 0 spiro atoms. The first-order valence-corrected chi connectivity index (χ1v) is 6.99. The van der Waals surface area contributed by atoms with E-state index in [9.17, 15) is 0 Å². The summed E-state index contributed by atoms with van der Waals surface area (Å²) in [7, 11) is 0. The van der Waals surface area contributed by atoms with Crippen LogP contribution in [0, 0.1) is 0 Å². The van der Waals surface area contributed by atoms with E-state index in [1.807, 2.05) is 37.5 Å². The molecule has 2 nitrogen and oxygen atoms in total. The molecule has 1 radical (unpaired) electrons. The zero-order valence-electron chi connectivity index (χ0n) is 10.7. The van der Waals surface area contributed by atoms with Gasteiger partial charge in [-0.05, 0) is 27.7 Å². The number of rotatable bonds is 4. The summed E-state index contributed by atoms with van der Waals surface area (Å²) >= 11 is 19.0. The second kappa shape index (κ2) is 15.0. The molecule has 0 aliphatic carbocycles. The average Bonchev–Trinajstić information content (AvgIpc) is 2.21. The fourth-order valence-corrected chi connectivity index (χ4v) is 2.00. The van der Waals surface area contributed by atoms with Gasteiger partial charge in [-0.3, -0.25) is 0 Å². The zero-order valence-corrected chi connectivity index (χ0v) is 15.4. The SMILES string of the molecule is CCN(CC)C(=S)[S-].CCN(CC)C(=S)[S-].[Ag]. The van der Waals surface area contributed by atoms with E-state index >= 15 is 0 Å². The van der Waals surface area contributed by atoms with Crippen LogP contribution in [-0.2, 0) is 47.6 Å². The van der Waals surface area contributed by atoms with E-state index in [4.69, 9.17) is 49.7 Å². The third-order valence-electron chi connectivity index (χ3n) is 2.04. The summed E-state index contributed by atoms with van der Waals surface area (Å²) < 4.78 is 1.16. The summed E-state index contributed by atoms with van der Waals surface area (Å²) in [4.78, 5) is 3.93. The maximum Gasteiger partial charge on any atom is 0.0133 e. The third-order valence-corrected chi connectivity index (χ3v) is 3.08. The summed E-state index contributed by atoms with van der Waals surface area (Å²) in [6.45, 7) is 11.9. The van der Waals surface area contributed by atoms with Crippen LogP contribution in [0.3, 0.4) is 0 Å². The summed E-state index contributed by atoms with van der Waals surface area (Å²) in [5, 5.41) is 0. The van der Waals surface area contributed by atoms with Gasteiger partial charge in [0, 0.05) is 48.6 Å². The summed E-state index contributed by atoms with van der Waals surface area (Å²) in [5.74, 6) is 0. The molecular formula is C10H20AgN2S4-2. The minimum Gasteiger partial charge on any atom is -0.411 e. The van der Waals surface area contributed by atoms with Gasteiger partial charge in [-0.2, -0.15) is 0 Å². The maximum atomic E-state index is 4.76. The first kappa shape index (κ1) is 23.1. The molecule has 0 bridgehead atoms. The Morgan fingerprint density at radius 2 is 0.941 bits per heavy atom. The van der Waals surface area contributed by atoms with Gasteiger partial charge in [-0.1, -0.05) is 8.64 Å². The van der Waals surface area contributed by atoms with Gasteiger partial charge >= 0.3 is 0 Å². The van der Waals surface area contributed by atoms with Crippen LogP contribution < -0.4 is 0 Å². The smallest absolute Gasteiger partial charge is 0.0133 e. The van der Waals surface area contributed by atoms with Crippen molar-refractivity contribution in [2.24, 2.45) is 0 Å². The van der Waals surface area contributed by atoms with Crippen molar-refractivity contribution in [2.45, 2.75) is 27.7 Å². The first-order valence-electron chi connectivity index (χ1n) is 5.36. The van der Waals surface area contributed by atoms with E-state index < -0.39 is 0 Å². The monoisotopic (exact) mass is 403 g/mol. The van der Waals surface area contributed by atoms with Gasteiger partial charge in [0.2, 0.25) is 0 Å². The maximum absolute atomic E-state index is 4.76. The molecule has 0 aromatic rings. The molecule has 107 valence electrons.